The molecule has 0 bridgehead atoms. The Labute approximate surface area is 110 Å². The van der Waals surface area contributed by atoms with Crippen molar-refractivity contribution in [1.29, 1.82) is 0 Å². The van der Waals surface area contributed by atoms with E-state index in [1.165, 1.54) is 0 Å². The summed E-state index contributed by atoms with van der Waals surface area (Å²) in [5.41, 5.74) is -1.11. The van der Waals surface area contributed by atoms with Gasteiger partial charge in [-0.05, 0) is 50.9 Å². The first-order chi connectivity index (χ1) is 8.39. The minimum atomic E-state index is -1.11. The topological polar surface area (TPSA) is 20.3 Å². The van der Waals surface area contributed by atoms with Gasteiger partial charge in [0.25, 0.3) is 0 Å². The van der Waals surface area contributed by atoms with E-state index in [0.29, 0.717) is 18.8 Å². The Morgan fingerprint density at radius 1 is 1.28 bits per heavy atom. The molecule has 2 unspecified atom stereocenters. The van der Waals surface area contributed by atoms with Gasteiger partial charge in [0.2, 0.25) is 5.91 Å². The van der Waals surface area contributed by atoms with E-state index in [-0.39, 0.29) is 11.8 Å². The summed E-state index contributed by atoms with van der Waals surface area (Å²) in [5.74, 6) is 1.61. The molecule has 0 aromatic carbocycles. The number of hydrogen-bond donors (Lipinski definition) is 0. The number of likely N-dealkylation sites (tertiary alicyclic amines) is 1. The first kappa shape index (κ1) is 13.8. The van der Waals surface area contributed by atoms with Gasteiger partial charge in [0.05, 0.1) is 0 Å². The largest absolute Gasteiger partial charge is 0.342 e. The second-order valence-corrected chi connectivity index (χ2v) is 6.76. The van der Waals surface area contributed by atoms with Crippen LogP contribution in [0.1, 0.15) is 52.9 Å². The van der Waals surface area contributed by atoms with E-state index in [4.69, 9.17) is 0 Å². The summed E-state index contributed by atoms with van der Waals surface area (Å²) in [7, 11) is 0. The Morgan fingerprint density at radius 3 is 2.33 bits per heavy atom. The normalized spacial score (nSPS) is 34.3. The van der Waals surface area contributed by atoms with Crippen molar-refractivity contribution in [3.8, 4) is 0 Å². The minimum Gasteiger partial charge on any atom is -0.342 e. The van der Waals surface area contributed by atoms with Gasteiger partial charge in [-0.2, -0.15) is 0 Å². The van der Waals surface area contributed by atoms with Crippen LogP contribution in [-0.2, 0) is 4.79 Å². The number of amides is 1. The van der Waals surface area contributed by atoms with Crippen molar-refractivity contribution in [2.45, 2.75) is 58.5 Å². The van der Waals surface area contributed by atoms with Crippen molar-refractivity contribution in [2.24, 2.45) is 17.8 Å². The third-order valence-electron chi connectivity index (χ3n) is 4.83. The van der Waals surface area contributed by atoms with Gasteiger partial charge in [0.1, 0.15) is 5.67 Å². The molecule has 104 valence electrons. The van der Waals surface area contributed by atoms with Crippen LogP contribution in [-0.4, -0.2) is 29.6 Å². The minimum absolute atomic E-state index is 0.0596. The molecule has 1 amide bonds. The molecule has 2 atom stereocenters. The van der Waals surface area contributed by atoms with Crippen LogP contribution >= 0.6 is 0 Å². The molecule has 1 aliphatic heterocycles. The number of alkyl halides is 1. The average molecular weight is 255 g/mol. The molecule has 0 spiro atoms. The zero-order valence-corrected chi connectivity index (χ0v) is 11.9. The highest BCUT2D eigenvalue weighted by Crippen LogP contribution is 2.38. The third kappa shape index (κ3) is 3.04. The van der Waals surface area contributed by atoms with Crippen molar-refractivity contribution in [1.82, 2.24) is 4.90 Å². The van der Waals surface area contributed by atoms with Crippen LogP contribution in [0.15, 0.2) is 0 Å². The maximum absolute atomic E-state index is 13.8. The summed E-state index contributed by atoms with van der Waals surface area (Å²) in [5, 5.41) is 0. The van der Waals surface area contributed by atoms with Crippen molar-refractivity contribution in [3.05, 3.63) is 0 Å². The van der Waals surface area contributed by atoms with E-state index in [1.54, 1.807) is 6.92 Å². The molecule has 0 aromatic rings. The second kappa shape index (κ2) is 5.18. The van der Waals surface area contributed by atoms with E-state index in [1.807, 2.05) is 4.90 Å². The summed E-state index contributed by atoms with van der Waals surface area (Å²) in [6.45, 7) is 7.90. The van der Waals surface area contributed by atoms with Gasteiger partial charge in [-0.15, -0.1) is 0 Å². The molecule has 2 aliphatic rings. The number of nitrogens with zero attached hydrogens (tertiary/aromatic N) is 1. The van der Waals surface area contributed by atoms with E-state index in [9.17, 15) is 9.18 Å². The average Bonchev–Trinajstić information content (AvgIpc) is 2.69. The molecule has 2 fully saturated rings. The lowest BCUT2D eigenvalue weighted by molar-refractivity contribution is -0.137. The summed E-state index contributed by atoms with van der Waals surface area (Å²) in [6.07, 6.45) is 3.93. The highest BCUT2D eigenvalue weighted by atomic mass is 19.1. The molecule has 0 radical (unpaired) electrons. The third-order valence-corrected chi connectivity index (χ3v) is 4.83. The van der Waals surface area contributed by atoms with Gasteiger partial charge >= 0.3 is 0 Å². The van der Waals surface area contributed by atoms with Crippen molar-refractivity contribution in [2.75, 3.05) is 13.1 Å². The van der Waals surface area contributed by atoms with Gasteiger partial charge in [-0.3, -0.25) is 4.79 Å². The van der Waals surface area contributed by atoms with E-state index in [0.717, 1.165) is 38.3 Å². The smallest absolute Gasteiger partial charge is 0.225 e. The lowest BCUT2D eigenvalue weighted by Gasteiger charge is -2.35. The van der Waals surface area contributed by atoms with Gasteiger partial charge in [0.15, 0.2) is 0 Å². The van der Waals surface area contributed by atoms with Crippen molar-refractivity contribution < 1.29 is 9.18 Å². The second-order valence-electron chi connectivity index (χ2n) is 6.76. The zero-order valence-electron chi connectivity index (χ0n) is 11.9. The Bertz CT molecular complexity index is 306. The summed E-state index contributed by atoms with van der Waals surface area (Å²) < 4.78 is 13.8. The Balaban J connectivity index is 1.85. The molecule has 1 saturated carbocycles. The van der Waals surface area contributed by atoms with Gasteiger partial charge in [-0.25, -0.2) is 4.39 Å². The first-order valence-electron chi connectivity index (χ1n) is 7.37. The summed E-state index contributed by atoms with van der Waals surface area (Å²) >= 11 is 0. The Kier molecular flexibility index (Phi) is 3.98. The zero-order chi connectivity index (χ0) is 13.3. The predicted molar refractivity (Wildman–Crippen MR) is 71.0 cm³/mol. The molecule has 0 aromatic heterocycles. The lowest BCUT2D eigenvalue weighted by atomic mass is 9.86. The van der Waals surface area contributed by atoms with E-state index in [2.05, 4.69) is 13.8 Å². The summed E-state index contributed by atoms with van der Waals surface area (Å²) in [4.78, 5) is 14.3. The fourth-order valence-electron chi connectivity index (χ4n) is 3.45. The number of carbonyl (C=O) groups is 1. The molecular formula is C15H26FNO. The van der Waals surface area contributed by atoms with Crippen LogP contribution in [0.3, 0.4) is 0 Å². The maximum atomic E-state index is 13.8. The van der Waals surface area contributed by atoms with Gasteiger partial charge in [0, 0.05) is 19.0 Å². The molecule has 18 heavy (non-hydrogen) atoms. The number of carbonyl (C=O) groups excluding carboxylic acids is 1. The highest BCUT2D eigenvalue weighted by molar-refractivity contribution is 5.79. The fourth-order valence-corrected chi connectivity index (χ4v) is 3.45. The van der Waals surface area contributed by atoms with Crippen LogP contribution in [0.4, 0.5) is 4.39 Å². The van der Waals surface area contributed by atoms with Crippen LogP contribution in [0.5, 0.6) is 0 Å². The number of halogens is 1. The van der Waals surface area contributed by atoms with Crippen LogP contribution < -0.4 is 0 Å². The molecule has 2 nitrogen and oxygen atoms in total. The Morgan fingerprint density at radius 2 is 1.89 bits per heavy atom. The number of hydrogen-bond acceptors (Lipinski definition) is 1. The van der Waals surface area contributed by atoms with Crippen LogP contribution in [0.2, 0.25) is 0 Å². The standard InChI is InChI=1S/C15H26FNO/c1-11(2)12-5-8-17(9-6-12)14(18)13-4-7-15(3,16)10-13/h11-13H,4-10H2,1-3H3. The van der Waals surface area contributed by atoms with E-state index < -0.39 is 5.67 Å². The highest BCUT2D eigenvalue weighted by Gasteiger charge is 2.40. The molecule has 1 saturated heterocycles. The molecule has 0 N–H and O–H groups in total. The van der Waals surface area contributed by atoms with Crippen LogP contribution in [0.25, 0.3) is 0 Å². The molecule has 3 heteroatoms. The number of piperidine rings is 1. The molecule has 2 rings (SSSR count). The van der Waals surface area contributed by atoms with Gasteiger partial charge in [-0.1, -0.05) is 13.8 Å². The van der Waals surface area contributed by atoms with Crippen molar-refractivity contribution in [3.63, 3.8) is 0 Å². The fraction of sp³-hybridized carbons (Fsp3) is 0.933. The van der Waals surface area contributed by atoms with E-state index >= 15 is 0 Å². The molecular weight excluding hydrogens is 229 g/mol. The van der Waals surface area contributed by atoms with Crippen LogP contribution in [0, 0.1) is 17.8 Å². The molecule has 1 heterocycles. The molecule has 1 aliphatic carbocycles. The summed E-state index contributed by atoms with van der Waals surface area (Å²) in [6, 6.07) is 0. The quantitative estimate of drug-likeness (QED) is 0.740. The predicted octanol–water partition coefficient (Wildman–Crippen LogP) is 3.41. The Hall–Kier alpha value is -0.600. The van der Waals surface area contributed by atoms with Crippen molar-refractivity contribution >= 4 is 5.91 Å². The SMILES string of the molecule is CC(C)C1CCN(C(=O)C2CCC(C)(F)C2)CC1. The van der Waals surface area contributed by atoms with Gasteiger partial charge < -0.3 is 4.90 Å². The number of rotatable bonds is 2. The lowest BCUT2D eigenvalue weighted by Crippen LogP contribution is -2.42. The first-order valence-corrected chi connectivity index (χ1v) is 7.37. The monoisotopic (exact) mass is 255 g/mol. The maximum Gasteiger partial charge on any atom is 0.225 e.